The molecule has 28 heavy (non-hydrogen) atoms. The molecule has 1 fully saturated rings. The molecule has 152 valence electrons. The van der Waals surface area contributed by atoms with E-state index in [4.69, 9.17) is 4.42 Å². The summed E-state index contributed by atoms with van der Waals surface area (Å²) in [7, 11) is -3.21. The van der Waals surface area contributed by atoms with Gasteiger partial charge in [0.1, 0.15) is 5.76 Å². The minimum absolute atomic E-state index is 0.0215. The summed E-state index contributed by atoms with van der Waals surface area (Å²) in [6.07, 6.45) is 4.22. The van der Waals surface area contributed by atoms with E-state index >= 15 is 0 Å². The van der Waals surface area contributed by atoms with E-state index < -0.39 is 10.0 Å². The minimum Gasteiger partial charge on any atom is -0.467 e. The second-order valence-electron chi connectivity index (χ2n) is 7.18. The zero-order valence-corrected chi connectivity index (χ0v) is 17.1. The van der Waals surface area contributed by atoms with E-state index in [1.807, 2.05) is 49.4 Å². The number of anilines is 1. The quantitative estimate of drug-likeness (QED) is 0.673. The molecule has 0 bridgehead atoms. The zero-order chi connectivity index (χ0) is 20.0. The van der Waals surface area contributed by atoms with E-state index in [-0.39, 0.29) is 17.6 Å². The predicted molar refractivity (Wildman–Crippen MR) is 109 cm³/mol. The molecule has 0 aliphatic carbocycles. The van der Waals surface area contributed by atoms with Crippen molar-refractivity contribution in [2.24, 2.45) is 5.92 Å². The molecule has 6 nitrogen and oxygen atoms in total. The fourth-order valence-electron chi connectivity index (χ4n) is 3.52. The normalized spacial score (nSPS) is 16.2. The molecule has 1 amide bonds. The Kier molecular flexibility index (Phi) is 6.91. The van der Waals surface area contributed by atoms with Crippen molar-refractivity contribution in [3.05, 3.63) is 54.5 Å². The molecule has 0 spiro atoms. The minimum atomic E-state index is -3.21. The highest BCUT2D eigenvalue weighted by Gasteiger charge is 2.33. The molecule has 1 aromatic heterocycles. The van der Waals surface area contributed by atoms with E-state index in [1.54, 1.807) is 15.5 Å². The Labute approximate surface area is 167 Å². The highest BCUT2D eigenvalue weighted by molar-refractivity contribution is 7.89. The predicted octanol–water partition coefficient (Wildman–Crippen LogP) is 3.65. The van der Waals surface area contributed by atoms with Crippen LogP contribution in [0.4, 0.5) is 5.69 Å². The highest BCUT2D eigenvalue weighted by atomic mass is 32.2. The van der Waals surface area contributed by atoms with Crippen molar-refractivity contribution in [3.63, 3.8) is 0 Å². The Hall–Kier alpha value is -2.12. The summed E-state index contributed by atoms with van der Waals surface area (Å²) in [6, 6.07) is 13.2. The van der Waals surface area contributed by atoms with E-state index in [1.165, 1.54) is 0 Å². The molecule has 7 heteroatoms. The van der Waals surface area contributed by atoms with Crippen LogP contribution in [0.25, 0.3) is 0 Å². The van der Waals surface area contributed by atoms with E-state index in [0.29, 0.717) is 38.9 Å². The monoisotopic (exact) mass is 404 g/mol. The van der Waals surface area contributed by atoms with E-state index in [9.17, 15) is 13.2 Å². The number of hydrogen-bond acceptors (Lipinski definition) is 4. The van der Waals surface area contributed by atoms with Crippen LogP contribution in [0.3, 0.4) is 0 Å². The molecule has 3 rings (SSSR count). The molecular formula is C21H28N2O4S. The van der Waals surface area contributed by atoms with Crippen molar-refractivity contribution in [1.29, 1.82) is 0 Å². The first-order valence-electron chi connectivity index (χ1n) is 9.88. The number of hydrogen-bond donors (Lipinski definition) is 0. The van der Waals surface area contributed by atoms with Crippen LogP contribution < -0.4 is 4.90 Å². The number of para-hydroxylation sites is 1. The molecule has 1 aliphatic rings. The topological polar surface area (TPSA) is 70.8 Å². The van der Waals surface area contributed by atoms with Crippen LogP contribution in [0.1, 0.15) is 38.4 Å². The van der Waals surface area contributed by atoms with Crippen molar-refractivity contribution < 1.29 is 17.6 Å². The van der Waals surface area contributed by atoms with Crippen LogP contribution in [-0.2, 0) is 21.4 Å². The summed E-state index contributed by atoms with van der Waals surface area (Å²) in [4.78, 5) is 15.0. The molecule has 1 saturated heterocycles. The van der Waals surface area contributed by atoms with Crippen LogP contribution in [0, 0.1) is 5.92 Å². The number of furan rings is 1. The van der Waals surface area contributed by atoms with Gasteiger partial charge in [-0.05, 0) is 43.5 Å². The molecule has 0 saturated carbocycles. The number of carbonyl (C=O) groups is 1. The Morgan fingerprint density at radius 2 is 1.86 bits per heavy atom. The summed E-state index contributed by atoms with van der Waals surface area (Å²) in [5.41, 5.74) is 0.821. The lowest BCUT2D eigenvalue weighted by molar-refractivity contribution is -0.123. The number of benzene rings is 1. The van der Waals surface area contributed by atoms with Gasteiger partial charge in [-0.25, -0.2) is 12.7 Å². The van der Waals surface area contributed by atoms with Gasteiger partial charge in [-0.1, -0.05) is 31.5 Å². The first-order valence-corrected chi connectivity index (χ1v) is 11.5. The van der Waals surface area contributed by atoms with Crippen molar-refractivity contribution in [2.75, 3.05) is 23.7 Å². The molecular weight excluding hydrogens is 376 g/mol. The van der Waals surface area contributed by atoms with Crippen molar-refractivity contribution in [3.8, 4) is 0 Å². The standard InChI is InChI=1S/C21H28N2O4S/c1-2-3-16-28(25,26)22-13-11-18(12-14-22)21(24)23(17-20-10-7-15-27-20)19-8-5-4-6-9-19/h4-10,15,18H,2-3,11-14,16-17H2,1H3. The molecule has 2 heterocycles. The van der Waals surface area contributed by atoms with Gasteiger partial charge >= 0.3 is 0 Å². The smallest absolute Gasteiger partial charge is 0.230 e. The summed E-state index contributed by atoms with van der Waals surface area (Å²) in [5.74, 6) is 0.745. The van der Waals surface area contributed by atoms with Gasteiger partial charge in [-0.3, -0.25) is 4.79 Å². The highest BCUT2D eigenvalue weighted by Crippen LogP contribution is 2.26. The van der Waals surface area contributed by atoms with Gasteiger partial charge in [-0.15, -0.1) is 0 Å². The third-order valence-corrected chi connectivity index (χ3v) is 7.14. The number of amides is 1. The Balaban J connectivity index is 1.69. The Morgan fingerprint density at radius 3 is 2.46 bits per heavy atom. The lowest BCUT2D eigenvalue weighted by Crippen LogP contribution is -2.45. The van der Waals surface area contributed by atoms with Crippen LogP contribution in [0.5, 0.6) is 0 Å². The van der Waals surface area contributed by atoms with Gasteiger partial charge in [0.25, 0.3) is 0 Å². The zero-order valence-electron chi connectivity index (χ0n) is 16.3. The molecule has 0 radical (unpaired) electrons. The number of carbonyl (C=O) groups excluding carboxylic acids is 1. The second-order valence-corrected chi connectivity index (χ2v) is 9.27. The number of nitrogens with zero attached hydrogens (tertiary/aromatic N) is 2. The average molecular weight is 405 g/mol. The van der Waals surface area contributed by atoms with Gasteiger partial charge in [-0.2, -0.15) is 0 Å². The number of unbranched alkanes of at least 4 members (excludes halogenated alkanes) is 1. The van der Waals surface area contributed by atoms with Crippen LogP contribution in [0.2, 0.25) is 0 Å². The maximum Gasteiger partial charge on any atom is 0.230 e. The summed E-state index contributed by atoms with van der Waals surface area (Å²) in [5, 5.41) is 0. The van der Waals surface area contributed by atoms with Crippen LogP contribution in [-0.4, -0.2) is 37.5 Å². The SMILES string of the molecule is CCCCS(=O)(=O)N1CCC(C(=O)N(Cc2ccco2)c2ccccc2)CC1. The maximum atomic E-state index is 13.3. The van der Waals surface area contributed by atoms with Gasteiger partial charge < -0.3 is 9.32 Å². The summed E-state index contributed by atoms with van der Waals surface area (Å²) < 4.78 is 31.8. The van der Waals surface area contributed by atoms with Crippen LogP contribution in [0.15, 0.2) is 53.1 Å². The van der Waals surface area contributed by atoms with Crippen molar-refractivity contribution in [1.82, 2.24) is 4.31 Å². The first kappa shape index (κ1) is 20.6. The molecule has 0 unspecified atom stereocenters. The number of sulfonamides is 1. The fraction of sp³-hybridized carbons (Fsp3) is 0.476. The Bertz CT molecular complexity index is 842. The molecule has 0 atom stereocenters. The van der Waals surface area contributed by atoms with Gasteiger partial charge in [0, 0.05) is 24.7 Å². The lowest BCUT2D eigenvalue weighted by Gasteiger charge is -2.33. The second kappa shape index (κ2) is 9.39. The number of piperidine rings is 1. The van der Waals surface area contributed by atoms with E-state index in [0.717, 1.165) is 17.9 Å². The van der Waals surface area contributed by atoms with Gasteiger partial charge in [0.15, 0.2) is 0 Å². The third kappa shape index (κ3) is 5.02. The van der Waals surface area contributed by atoms with E-state index in [2.05, 4.69) is 0 Å². The molecule has 1 aromatic carbocycles. The first-order chi connectivity index (χ1) is 13.5. The van der Waals surface area contributed by atoms with Gasteiger partial charge in [0.2, 0.25) is 15.9 Å². The summed E-state index contributed by atoms with van der Waals surface area (Å²) >= 11 is 0. The molecule has 0 N–H and O–H groups in total. The molecule has 1 aliphatic heterocycles. The Morgan fingerprint density at radius 1 is 1.14 bits per heavy atom. The average Bonchev–Trinajstić information content (AvgIpc) is 3.24. The van der Waals surface area contributed by atoms with Crippen molar-refractivity contribution >= 4 is 21.6 Å². The molecule has 2 aromatic rings. The van der Waals surface area contributed by atoms with Crippen LogP contribution >= 0.6 is 0 Å². The largest absolute Gasteiger partial charge is 0.467 e. The maximum absolute atomic E-state index is 13.3. The third-order valence-electron chi connectivity index (χ3n) is 5.18. The number of rotatable bonds is 8. The summed E-state index contributed by atoms with van der Waals surface area (Å²) in [6.45, 7) is 3.17. The lowest BCUT2D eigenvalue weighted by atomic mass is 9.96. The fourth-order valence-corrected chi connectivity index (χ4v) is 5.20. The van der Waals surface area contributed by atoms with Crippen molar-refractivity contribution in [2.45, 2.75) is 39.2 Å². The van der Waals surface area contributed by atoms with Gasteiger partial charge in [0.05, 0.1) is 18.6 Å².